The average molecular weight is 284 g/mol. The van der Waals surface area contributed by atoms with Gasteiger partial charge < -0.3 is 11.1 Å². The van der Waals surface area contributed by atoms with Gasteiger partial charge in [-0.3, -0.25) is 4.79 Å². The Morgan fingerprint density at radius 2 is 2.26 bits per heavy atom. The van der Waals surface area contributed by atoms with Gasteiger partial charge in [0.15, 0.2) is 0 Å². The molecule has 0 bridgehead atoms. The maximum Gasteiger partial charge on any atom is 0.224 e. The number of hydrogen-bond donors (Lipinski definition) is 2. The van der Waals surface area contributed by atoms with E-state index in [4.69, 9.17) is 17.3 Å². The number of nitrogens with two attached hydrogens (primary N) is 1. The lowest BCUT2D eigenvalue weighted by molar-refractivity contribution is -0.116. The third-order valence-corrected chi connectivity index (χ3v) is 3.63. The zero-order chi connectivity index (χ0) is 14.3. The number of halogens is 1. The van der Waals surface area contributed by atoms with Gasteiger partial charge in [0, 0.05) is 6.42 Å². The van der Waals surface area contributed by atoms with Gasteiger partial charge in [0.2, 0.25) is 5.91 Å². The first-order valence-corrected chi connectivity index (χ1v) is 7.06. The van der Waals surface area contributed by atoms with Crippen LogP contribution in [0.15, 0.2) is 12.3 Å². The smallest absolute Gasteiger partial charge is 0.224 e. The lowest BCUT2D eigenvalue weighted by Crippen LogP contribution is -2.15. The Kier molecular flexibility index (Phi) is 6.81. The van der Waals surface area contributed by atoms with Crippen LogP contribution in [0.5, 0.6) is 0 Å². The minimum atomic E-state index is 0.0130. The van der Waals surface area contributed by atoms with E-state index < -0.39 is 0 Å². The van der Waals surface area contributed by atoms with E-state index >= 15 is 0 Å². The molecule has 0 aromatic carbocycles. The third-order valence-electron chi connectivity index (χ3n) is 3.23. The molecule has 5 heteroatoms. The summed E-state index contributed by atoms with van der Waals surface area (Å²) in [5, 5.41) is 3.31. The Bertz CT molecular complexity index is 423. The van der Waals surface area contributed by atoms with Crippen LogP contribution in [0, 0.1) is 12.8 Å². The molecule has 106 valence electrons. The summed E-state index contributed by atoms with van der Waals surface area (Å²) in [5.41, 5.74) is 7.09. The molecule has 1 aromatic rings. The van der Waals surface area contributed by atoms with Crippen LogP contribution in [0.4, 0.5) is 5.69 Å². The molecular weight excluding hydrogens is 262 g/mol. The van der Waals surface area contributed by atoms with Crippen molar-refractivity contribution in [1.29, 1.82) is 0 Å². The Morgan fingerprint density at radius 1 is 1.53 bits per heavy atom. The van der Waals surface area contributed by atoms with Gasteiger partial charge in [0.25, 0.3) is 0 Å². The summed E-state index contributed by atoms with van der Waals surface area (Å²) in [6, 6.07) is 1.82. The Balaban J connectivity index is 2.44. The number of nitrogens with zero attached hydrogens (tertiary/aromatic N) is 1. The fourth-order valence-electron chi connectivity index (χ4n) is 1.97. The van der Waals surface area contributed by atoms with Crippen molar-refractivity contribution in [1.82, 2.24) is 4.98 Å². The number of hydrogen-bond acceptors (Lipinski definition) is 3. The van der Waals surface area contributed by atoms with E-state index in [-0.39, 0.29) is 5.91 Å². The summed E-state index contributed by atoms with van der Waals surface area (Å²) in [6.07, 6.45) is 5.00. The molecule has 0 saturated heterocycles. The number of pyridine rings is 1. The van der Waals surface area contributed by atoms with Crippen molar-refractivity contribution in [3.63, 3.8) is 0 Å². The van der Waals surface area contributed by atoms with Gasteiger partial charge in [0.1, 0.15) is 5.15 Å². The molecule has 0 radical (unpaired) electrons. The van der Waals surface area contributed by atoms with Crippen molar-refractivity contribution >= 4 is 23.2 Å². The third kappa shape index (κ3) is 5.57. The summed E-state index contributed by atoms with van der Waals surface area (Å²) in [7, 11) is 0. The Hall–Kier alpha value is -1.13. The quantitative estimate of drug-likeness (QED) is 0.756. The SMILES string of the molecule is CCC(CCN)CCC(=O)Nc1cnc(Cl)c(C)c1. The van der Waals surface area contributed by atoms with Crippen LogP contribution < -0.4 is 11.1 Å². The number of rotatable bonds is 7. The molecule has 4 nitrogen and oxygen atoms in total. The number of nitrogens with one attached hydrogen (secondary N) is 1. The fourth-order valence-corrected chi connectivity index (χ4v) is 2.08. The molecule has 0 aliphatic rings. The molecule has 19 heavy (non-hydrogen) atoms. The van der Waals surface area contributed by atoms with E-state index in [0.29, 0.717) is 29.7 Å². The average Bonchev–Trinajstić information content (AvgIpc) is 2.39. The van der Waals surface area contributed by atoms with Crippen LogP contribution in [0.3, 0.4) is 0 Å². The first-order valence-electron chi connectivity index (χ1n) is 6.68. The molecule has 1 rings (SSSR count). The number of aryl methyl sites for hydroxylation is 1. The summed E-state index contributed by atoms with van der Waals surface area (Å²) in [5.74, 6) is 0.542. The van der Waals surface area contributed by atoms with Crippen LogP contribution in [-0.2, 0) is 4.79 Å². The van der Waals surface area contributed by atoms with Crippen molar-refractivity contribution in [2.75, 3.05) is 11.9 Å². The molecule has 1 aromatic heterocycles. The summed E-state index contributed by atoms with van der Waals surface area (Å²) in [4.78, 5) is 15.8. The molecule has 0 saturated carbocycles. The molecule has 0 fully saturated rings. The number of anilines is 1. The largest absolute Gasteiger partial charge is 0.330 e. The fraction of sp³-hybridized carbons (Fsp3) is 0.571. The molecule has 0 aliphatic heterocycles. The number of carbonyl (C=O) groups excluding carboxylic acids is 1. The first-order chi connectivity index (χ1) is 9.06. The normalized spacial score (nSPS) is 12.2. The molecular formula is C14H22ClN3O. The van der Waals surface area contributed by atoms with Gasteiger partial charge in [-0.05, 0) is 43.9 Å². The number of amides is 1. The van der Waals surface area contributed by atoms with Gasteiger partial charge in [-0.2, -0.15) is 0 Å². The lowest BCUT2D eigenvalue weighted by Gasteiger charge is -2.13. The van der Waals surface area contributed by atoms with Crippen molar-refractivity contribution in [3.8, 4) is 0 Å². The van der Waals surface area contributed by atoms with E-state index in [1.54, 1.807) is 6.20 Å². The van der Waals surface area contributed by atoms with Crippen molar-refractivity contribution in [3.05, 3.63) is 23.0 Å². The van der Waals surface area contributed by atoms with E-state index in [1.165, 1.54) is 0 Å². The van der Waals surface area contributed by atoms with Crippen LogP contribution in [-0.4, -0.2) is 17.4 Å². The monoisotopic (exact) mass is 283 g/mol. The predicted molar refractivity (Wildman–Crippen MR) is 79.3 cm³/mol. The summed E-state index contributed by atoms with van der Waals surface area (Å²) >= 11 is 5.84. The minimum absolute atomic E-state index is 0.0130. The van der Waals surface area contributed by atoms with Gasteiger partial charge in [-0.15, -0.1) is 0 Å². The maximum absolute atomic E-state index is 11.8. The zero-order valence-electron chi connectivity index (χ0n) is 11.6. The van der Waals surface area contributed by atoms with Gasteiger partial charge in [0.05, 0.1) is 11.9 Å². The van der Waals surface area contributed by atoms with Gasteiger partial charge in [-0.1, -0.05) is 24.9 Å². The van der Waals surface area contributed by atoms with Crippen LogP contribution in [0.2, 0.25) is 5.15 Å². The van der Waals surface area contributed by atoms with Gasteiger partial charge >= 0.3 is 0 Å². The minimum Gasteiger partial charge on any atom is -0.330 e. The van der Waals surface area contributed by atoms with E-state index in [2.05, 4.69) is 17.2 Å². The van der Waals surface area contributed by atoms with Gasteiger partial charge in [-0.25, -0.2) is 4.98 Å². The molecule has 1 heterocycles. The molecule has 1 atom stereocenters. The van der Waals surface area contributed by atoms with Crippen molar-refractivity contribution < 1.29 is 4.79 Å². The van der Waals surface area contributed by atoms with Crippen LogP contribution in [0.25, 0.3) is 0 Å². The molecule has 0 aliphatic carbocycles. The highest BCUT2D eigenvalue weighted by molar-refractivity contribution is 6.30. The first kappa shape index (κ1) is 15.9. The summed E-state index contributed by atoms with van der Waals surface area (Å²) in [6.45, 7) is 4.67. The highest BCUT2D eigenvalue weighted by Crippen LogP contribution is 2.18. The van der Waals surface area contributed by atoms with Crippen LogP contribution >= 0.6 is 11.6 Å². The standard InChI is InChI=1S/C14H22ClN3O/c1-3-11(6-7-16)4-5-13(19)18-12-8-10(2)14(15)17-9-12/h8-9,11H,3-7,16H2,1-2H3,(H,18,19). The predicted octanol–water partition coefficient (Wildman–Crippen LogP) is 3.14. The number of carbonyl (C=O) groups is 1. The molecule has 1 unspecified atom stereocenters. The van der Waals surface area contributed by atoms with E-state index in [0.717, 1.165) is 24.8 Å². The number of aromatic nitrogens is 1. The second-order valence-corrected chi connectivity index (χ2v) is 5.13. The molecule has 0 spiro atoms. The van der Waals surface area contributed by atoms with E-state index in [1.807, 2.05) is 13.0 Å². The second kappa shape index (κ2) is 8.12. The Labute approximate surface area is 119 Å². The van der Waals surface area contributed by atoms with E-state index in [9.17, 15) is 4.79 Å². The molecule has 3 N–H and O–H groups in total. The zero-order valence-corrected chi connectivity index (χ0v) is 12.3. The van der Waals surface area contributed by atoms with Crippen molar-refractivity contribution in [2.24, 2.45) is 11.7 Å². The second-order valence-electron chi connectivity index (χ2n) is 4.77. The molecule has 1 amide bonds. The van der Waals surface area contributed by atoms with Crippen molar-refractivity contribution in [2.45, 2.75) is 39.5 Å². The maximum atomic E-state index is 11.8. The van der Waals surface area contributed by atoms with Crippen LogP contribution in [0.1, 0.15) is 38.2 Å². The Morgan fingerprint density at radius 3 is 2.84 bits per heavy atom. The lowest BCUT2D eigenvalue weighted by atomic mass is 9.96. The highest BCUT2D eigenvalue weighted by Gasteiger charge is 2.09. The summed E-state index contributed by atoms with van der Waals surface area (Å²) < 4.78 is 0. The topological polar surface area (TPSA) is 68.0 Å². The highest BCUT2D eigenvalue weighted by atomic mass is 35.5.